The molecule has 0 aromatic heterocycles. The van der Waals surface area contributed by atoms with Crippen LogP contribution in [-0.2, 0) is 12.4 Å². The van der Waals surface area contributed by atoms with Gasteiger partial charge in [0.15, 0.2) is 0 Å². The lowest BCUT2D eigenvalue weighted by Gasteiger charge is -2.43. The zero-order chi connectivity index (χ0) is 29.2. The van der Waals surface area contributed by atoms with Gasteiger partial charge in [-0.2, -0.15) is 26.3 Å². The molecule has 2 heterocycles. The fourth-order valence-corrected chi connectivity index (χ4v) is 5.95. The van der Waals surface area contributed by atoms with Gasteiger partial charge in [-0.05, 0) is 74.7 Å². The fourth-order valence-electron chi connectivity index (χ4n) is 5.64. The van der Waals surface area contributed by atoms with Gasteiger partial charge >= 0.3 is 12.4 Å². The smallest absolute Gasteiger partial charge is 0.340 e. The van der Waals surface area contributed by atoms with Gasteiger partial charge in [-0.3, -0.25) is 9.69 Å². The molecular formula is C28H31Cl2F6N3O. The van der Waals surface area contributed by atoms with Crippen LogP contribution in [0.3, 0.4) is 0 Å². The van der Waals surface area contributed by atoms with Gasteiger partial charge in [-0.15, -0.1) is 0 Å². The Morgan fingerprint density at radius 3 is 1.98 bits per heavy atom. The molecule has 12 heteroatoms. The van der Waals surface area contributed by atoms with Crippen molar-refractivity contribution < 1.29 is 31.1 Å². The van der Waals surface area contributed by atoms with Gasteiger partial charge in [0.1, 0.15) is 0 Å². The van der Waals surface area contributed by atoms with Crippen molar-refractivity contribution in [1.82, 2.24) is 14.7 Å². The summed E-state index contributed by atoms with van der Waals surface area (Å²) in [6.07, 6.45) is -4.65. The van der Waals surface area contributed by atoms with Crippen LogP contribution in [0.4, 0.5) is 26.3 Å². The quantitative estimate of drug-likeness (QED) is 0.313. The van der Waals surface area contributed by atoms with Crippen molar-refractivity contribution in [3.63, 3.8) is 0 Å². The monoisotopic (exact) mass is 609 g/mol. The predicted molar refractivity (Wildman–Crippen MR) is 143 cm³/mol. The summed E-state index contributed by atoms with van der Waals surface area (Å²) in [7, 11) is 1.38. The number of hydrogen-bond donors (Lipinski definition) is 0. The van der Waals surface area contributed by atoms with Crippen LogP contribution >= 0.6 is 23.2 Å². The van der Waals surface area contributed by atoms with E-state index < -0.39 is 35.0 Å². The van der Waals surface area contributed by atoms with Gasteiger partial charge in [-0.25, -0.2) is 0 Å². The van der Waals surface area contributed by atoms with Crippen LogP contribution in [0, 0.1) is 0 Å². The van der Waals surface area contributed by atoms with E-state index in [0.717, 1.165) is 44.6 Å². The molecule has 4 rings (SSSR count). The minimum Gasteiger partial charge on any atom is -0.340 e. The third-order valence-electron chi connectivity index (χ3n) is 7.80. The number of rotatable bonds is 6. The Bertz CT molecular complexity index is 1160. The highest BCUT2D eigenvalue weighted by molar-refractivity contribution is 6.42. The number of hydrogen-bond acceptors (Lipinski definition) is 3. The molecule has 0 aliphatic carbocycles. The number of carbonyl (C=O) groups excluding carboxylic acids is 1. The molecule has 2 saturated heterocycles. The number of alkyl halides is 6. The van der Waals surface area contributed by atoms with Crippen LogP contribution in [0.25, 0.3) is 0 Å². The Balaban J connectivity index is 1.58. The van der Waals surface area contributed by atoms with E-state index in [4.69, 9.17) is 23.2 Å². The molecule has 0 saturated carbocycles. The number of halogens is 8. The zero-order valence-corrected chi connectivity index (χ0v) is 23.5. The van der Waals surface area contributed by atoms with Crippen molar-refractivity contribution in [2.45, 2.75) is 56.5 Å². The van der Waals surface area contributed by atoms with Gasteiger partial charge in [0, 0.05) is 38.3 Å². The van der Waals surface area contributed by atoms with Gasteiger partial charge in [0.2, 0.25) is 0 Å². The molecule has 4 nitrogen and oxygen atoms in total. The second kappa shape index (κ2) is 12.5. The summed E-state index contributed by atoms with van der Waals surface area (Å²) >= 11 is 12.4. The minimum absolute atomic E-state index is 0.0157. The zero-order valence-electron chi connectivity index (χ0n) is 22.0. The topological polar surface area (TPSA) is 26.8 Å². The van der Waals surface area contributed by atoms with E-state index in [0.29, 0.717) is 28.2 Å². The third kappa shape index (κ3) is 7.43. The first-order valence-corrected chi connectivity index (χ1v) is 14.0. The Labute approximate surface area is 239 Å². The summed E-state index contributed by atoms with van der Waals surface area (Å²) < 4.78 is 80.3. The number of carbonyl (C=O) groups is 1. The maximum atomic E-state index is 13.4. The number of amides is 1. The first-order chi connectivity index (χ1) is 18.7. The van der Waals surface area contributed by atoms with Crippen molar-refractivity contribution in [3.05, 3.63) is 68.7 Å². The Morgan fingerprint density at radius 2 is 1.45 bits per heavy atom. The second-order valence-corrected chi connectivity index (χ2v) is 11.3. The summed E-state index contributed by atoms with van der Waals surface area (Å²) in [6.45, 7) is 3.62. The summed E-state index contributed by atoms with van der Waals surface area (Å²) in [5.74, 6) is -0.940. The maximum Gasteiger partial charge on any atom is 0.416 e. The number of nitrogens with zero attached hydrogens (tertiary/aromatic N) is 3. The van der Waals surface area contributed by atoms with Crippen molar-refractivity contribution in [2.24, 2.45) is 0 Å². The van der Waals surface area contributed by atoms with Crippen LogP contribution in [0.15, 0.2) is 36.4 Å². The first-order valence-electron chi connectivity index (χ1n) is 13.2. The predicted octanol–water partition coefficient (Wildman–Crippen LogP) is 7.79. The molecule has 220 valence electrons. The molecule has 2 fully saturated rings. The van der Waals surface area contributed by atoms with Crippen molar-refractivity contribution in [2.75, 3.05) is 39.8 Å². The van der Waals surface area contributed by atoms with Gasteiger partial charge in [0.05, 0.1) is 27.2 Å². The Morgan fingerprint density at radius 1 is 0.875 bits per heavy atom. The lowest BCUT2D eigenvalue weighted by molar-refractivity contribution is -0.143. The molecule has 2 aliphatic heterocycles. The first kappa shape index (κ1) is 30.9. The maximum absolute atomic E-state index is 13.4. The van der Waals surface area contributed by atoms with Crippen LogP contribution in [0.2, 0.25) is 10.0 Å². The fraction of sp³-hybridized carbons (Fsp3) is 0.536. The van der Waals surface area contributed by atoms with Gasteiger partial charge in [-0.1, -0.05) is 35.7 Å². The Kier molecular flexibility index (Phi) is 9.64. The molecule has 40 heavy (non-hydrogen) atoms. The molecule has 1 unspecified atom stereocenters. The number of likely N-dealkylation sites (N-methyl/N-ethyl adjacent to an activating group) is 1. The molecule has 1 amide bonds. The van der Waals surface area contributed by atoms with Crippen LogP contribution in [0.5, 0.6) is 0 Å². The molecule has 2 aromatic rings. The molecule has 2 aliphatic rings. The van der Waals surface area contributed by atoms with E-state index in [1.807, 2.05) is 0 Å². The highest BCUT2D eigenvalue weighted by Gasteiger charge is 2.38. The van der Waals surface area contributed by atoms with E-state index in [2.05, 4.69) is 9.80 Å². The van der Waals surface area contributed by atoms with E-state index >= 15 is 0 Å². The lowest BCUT2D eigenvalue weighted by atomic mass is 9.96. The SMILES string of the molecule is CN(CC(c1ccc(Cl)c(Cl)c1)N1CCC(N2CCCCC2)CC1)C(=O)c1cc(C(F)(F)F)cc(C(F)(F)F)c1. The standard InChI is InChI=1S/C28H31Cl2F6N3O/c1-37(26(40)19-13-20(27(31,32)33)16-21(14-19)28(34,35)36)17-25(18-5-6-23(29)24(30)15-18)39-11-7-22(8-12-39)38-9-3-2-4-10-38/h5-6,13-16,22,25H,2-4,7-12,17H2,1H3. The lowest BCUT2D eigenvalue weighted by Crippen LogP contribution is -2.49. The normalized spacial score (nSPS) is 19.0. The van der Waals surface area contributed by atoms with Crippen molar-refractivity contribution in [3.8, 4) is 0 Å². The molecule has 0 N–H and O–H groups in total. The van der Waals surface area contributed by atoms with E-state index in [9.17, 15) is 31.1 Å². The summed E-state index contributed by atoms with van der Waals surface area (Å²) in [5, 5.41) is 0.662. The van der Waals surface area contributed by atoms with Crippen LogP contribution in [-0.4, -0.2) is 66.4 Å². The molecule has 0 spiro atoms. The van der Waals surface area contributed by atoms with Gasteiger partial charge < -0.3 is 9.80 Å². The average molecular weight is 610 g/mol. The number of benzene rings is 2. The largest absolute Gasteiger partial charge is 0.416 e. The van der Waals surface area contributed by atoms with Gasteiger partial charge in [0.25, 0.3) is 5.91 Å². The van der Waals surface area contributed by atoms with E-state index in [-0.39, 0.29) is 18.7 Å². The van der Waals surface area contributed by atoms with Crippen LogP contribution < -0.4 is 0 Å². The molecule has 2 aromatic carbocycles. The molecule has 0 radical (unpaired) electrons. The van der Waals surface area contributed by atoms with E-state index in [1.54, 1.807) is 18.2 Å². The molecule has 1 atom stereocenters. The Hall–Kier alpha value is -2.01. The highest BCUT2D eigenvalue weighted by atomic mass is 35.5. The second-order valence-electron chi connectivity index (χ2n) is 10.5. The molecule has 0 bridgehead atoms. The summed E-state index contributed by atoms with van der Waals surface area (Å²) in [5.41, 5.74) is -2.98. The third-order valence-corrected chi connectivity index (χ3v) is 8.54. The van der Waals surface area contributed by atoms with Crippen molar-refractivity contribution in [1.29, 1.82) is 0 Å². The number of piperidine rings is 2. The minimum atomic E-state index is -5.05. The summed E-state index contributed by atoms with van der Waals surface area (Å²) in [4.78, 5) is 19.1. The molecular weight excluding hydrogens is 579 g/mol. The summed E-state index contributed by atoms with van der Waals surface area (Å²) in [6, 6.07) is 6.11. The average Bonchev–Trinajstić information content (AvgIpc) is 2.92. The van der Waals surface area contributed by atoms with Crippen LogP contribution in [0.1, 0.15) is 65.2 Å². The van der Waals surface area contributed by atoms with Crippen molar-refractivity contribution >= 4 is 29.1 Å². The highest BCUT2D eigenvalue weighted by Crippen LogP contribution is 2.37. The van der Waals surface area contributed by atoms with E-state index in [1.165, 1.54) is 31.2 Å². The number of likely N-dealkylation sites (tertiary alicyclic amines) is 2.